The van der Waals surface area contributed by atoms with E-state index >= 15 is 0 Å². The predicted molar refractivity (Wildman–Crippen MR) is 81.2 cm³/mol. The van der Waals surface area contributed by atoms with E-state index in [1.165, 1.54) is 6.07 Å². The van der Waals surface area contributed by atoms with E-state index in [4.69, 9.17) is 12.2 Å². The molecule has 0 bridgehead atoms. The van der Waals surface area contributed by atoms with Crippen LogP contribution in [0.5, 0.6) is 0 Å². The lowest BCUT2D eigenvalue weighted by Gasteiger charge is -2.08. The largest absolute Gasteiger partial charge is 0.342 e. The van der Waals surface area contributed by atoms with Crippen LogP contribution in [0, 0.1) is 17.4 Å². The standard InChI is InChI=1S/C14H14BrFN2S/c1-3-4-11-12(15)14(19)18-13(17-11)9-5-6-10(16)8(2)7-9/h5-7H,3-4H2,1-2H3,(H,17,18,19). The van der Waals surface area contributed by atoms with Crippen LogP contribution < -0.4 is 0 Å². The number of nitrogens with one attached hydrogen (secondary N) is 1. The van der Waals surface area contributed by atoms with E-state index in [0.717, 1.165) is 28.6 Å². The molecule has 1 aromatic carbocycles. The Kier molecular flexibility index (Phi) is 4.47. The molecule has 1 N–H and O–H groups in total. The number of aromatic nitrogens is 2. The minimum atomic E-state index is -0.215. The van der Waals surface area contributed by atoms with Gasteiger partial charge in [0.15, 0.2) is 0 Å². The van der Waals surface area contributed by atoms with Crippen LogP contribution in [0.4, 0.5) is 4.39 Å². The number of aromatic amines is 1. The number of hydrogen-bond donors (Lipinski definition) is 1. The second-order valence-corrected chi connectivity index (χ2v) is 5.58. The third-order valence-electron chi connectivity index (χ3n) is 2.87. The normalized spacial score (nSPS) is 10.7. The van der Waals surface area contributed by atoms with Crippen LogP contribution in [0.25, 0.3) is 11.4 Å². The van der Waals surface area contributed by atoms with Gasteiger partial charge in [-0.05, 0) is 53.0 Å². The van der Waals surface area contributed by atoms with Crippen LogP contribution in [0.3, 0.4) is 0 Å². The van der Waals surface area contributed by atoms with E-state index in [0.29, 0.717) is 16.0 Å². The molecule has 0 aliphatic heterocycles. The lowest BCUT2D eigenvalue weighted by atomic mass is 10.1. The minimum absolute atomic E-state index is 0.215. The third kappa shape index (κ3) is 3.09. The molecule has 0 atom stereocenters. The average Bonchev–Trinajstić information content (AvgIpc) is 2.38. The summed E-state index contributed by atoms with van der Waals surface area (Å²) in [5, 5.41) is 0. The van der Waals surface area contributed by atoms with Gasteiger partial charge in [0, 0.05) is 11.3 Å². The summed E-state index contributed by atoms with van der Waals surface area (Å²) in [7, 11) is 0. The Morgan fingerprint density at radius 2 is 2.16 bits per heavy atom. The molecule has 0 unspecified atom stereocenters. The van der Waals surface area contributed by atoms with Gasteiger partial charge in [-0.25, -0.2) is 9.37 Å². The molecule has 0 radical (unpaired) electrons. The van der Waals surface area contributed by atoms with E-state index in [2.05, 4.69) is 32.8 Å². The van der Waals surface area contributed by atoms with Crippen molar-refractivity contribution in [3.8, 4) is 11.4 Å². The van der Waals surface area contributed by atoms with Crippen LogP contribution in [-0.4, -0.2) is 9.97 Å². The lowest BCUT2D eigenvalue weighted by Crippen LogP contribution is -1.99. The molecule has 2 rings (SSSR count). The average molecular weight is 341 g/mol. The Hall–Kier alpha value is -1.07. The maximum Gasteiger partial charge on any atom is 0.144 e. The summed E-state index contributed by atoms with van der Waals surface area (Å²) in [5.41, 5.74) is 2.47. The SMILES string of the molecule is CCCc1[nH]c(-c2ccc(F)c(C)c2)nc(=S)c1Br. The fourth-order valence-electron chi connectivity index (χ4n) is 1.86. The highest BCUT2D eigenvalue weighted by molar-refractivity contribution is 9.10. The van der Waals surface area contributed by atoms with E-state index in [9.17, 15) is 4.39 Å². The Labute approximate surface area is 125 Å². The maximum atomic E-state index is 13.3. The molecule has 0 saturated carbocycles. The molecule has 1 heterocycles. The zero-order valence-corrected chi connectivity index (χ0v) is 13.2. The van der Waals surface area contributed by atoms with Crippen molar-refractivity contribution in [3.05, 3.63) is 44.4 Å². The number of aryl methyl sites for hydroxylation is 2. The number of hydrogen-bond acceptors (Lipinski definition) is 2. The van der Waals surface area contributed by atoms with Crippen molar-refractivity contribution >= 4 is 28.1 Å². The topological polar surface area (TPSA) is 28.7 Å². The number of rotatable bonds is 3. The molecule has 0 saturated heterocycles. The summed E-state index contributed by atoms with van der Waals surface area (Å²) in [4.78, 5) is 7.62. The van der Waals surface area contributed by atoms with Gasteiger partial charge in [0.2, 0.25) is 0 Å². The molecule has 2 nitrogen and oxygen atoms in total. The fourth-order valence-corrected chi connectivity index (χ4v) is 2.46. The van der Waals surface area contributed by atoms with Crippen LogP contribution in [0.1, 0.15) is 24.6 Å². The van der Waals surface area contributed by atoms with Crippen molar-refractivity contribution in [2.75, 3.05) is 0 Å². The van der Waals surface area contributed by atoms with Crippen molar-refractivity contribution in [1.82, 2.24) is 9.97 Å². The first-order valence-corrected chi connectivity index (χ1v) is 7.28. The molecule has 0 amide bonds. The molecular formula is C14H14BrFN2S. The van der Waals surface area contributed by atoms with Crippen molar-refractivity contribution in [3.63, 3.8) is 0 Å². The maximum absolute atomic E-state index is 13.3. The third-order valence-corrected chi connectivity index (χ3v) is 4.28. The van der Waals surface area contributed by atoms with Crippen LogP contribution in [0.2, 0.25) is 0 Å². The molecule has 0 aliphatic rings. The van der Waals surface area contributed by atoms with Gasteiger partial charge < -0.3 is 4.98 Å². The number of nitrogens with zero attached hydrogens (tertiary/aromatic N) is 1. The van der Waals surface area contributed by atoms with Crippen molar-refractivity contribution < 1.29 is 4.39 Å². The number of H-pyrrole nitrogens is 1. The summed E-state index contributed by atoms with van der Waals surface area (Å²) < 4.78 is 14.7. The van der Waals surface area contributed by atoms with Gasteiger partial charge in [-0.1, -0.05) is 25.6 Å². The van der Waals surface area contributed by atoms with Crippen LogP contribution in [-0.2, 0) is 6.42 Å². The number of benzene rings is 1. The number of halogens is 2. The van der Waals surface area contributed by atoms with E-state index in [-0.39, 0.29) is 5.82 Å². The van der Waals surface area contributed by atoms with Crippen LogP contribution >= 0.6 is 28.1 Å². The van der Waals surface area contributed by atoms with Gasteiger partial charge >= 0.3 is 0 Å². The second kappa shape index (κ2) is 5.92. The fraction of sp³-hybridized carbons (Fsp3) is 0.286. The van der Waals surface area contributed by atoms with E-state index in [1.807, 2.05) is 0 Å². The summed E-state index contributed by atoms with van der Waals surface area (Å²) in [6.45, 7) is 3.84. The molecule has 19 heavy (non-hydrogen) atoms. The summed E-state index contributed by atoms with van der Waals surface area (Å²) in [6.07, 6.45) is 1.90. The molecule has 1 aromatic heterocycles. The van der Waals surface area contributed by atoms with Gasteiger partial charge in [0.1, 0.15) is 16.3 Å². The summed E-state index contributed by atoms with van der Waals surface area (Å²) >= 11 is 8.71. The smallest absolute Gasteiger partial charge is 0.144 e. The quantitative estimate of drug-likeness (QED) is 0.799. The Balaban J connectivity index is 2.56. The zero-order chi connectivity index (χ0) is 14.0. The van der Waals surface area contributed by atoms with Crippen LogP contribution in [0.15, 0.2) is 22.7 Å². The van der Waals surface area contributed by atoms with Gasteiger partial charge in [0.05, 0.1) is 4.47 Å². The molecule has 2 aromatic rings. The highest BCUT2D eigenvalue weighted by atomic mass is 79.9. The summed E-state index contributed by atoms with van der Waals surface area (Å²) in [6, 6.07) is 4.93. The Bertz CT molecular complexity index is 667. The first-order valence-electron chi connectivity index (χ1n) is 6.08. The molecule has 0 spiro atoms. The molecule has 0 fully saturated rings. The van der Waals surface area contributed by atoms with Crippen molar-refractivity contribution in [2.24, 2.45) is 0 Å². The highest BCUT2D eigenvalue weighted by Gasteiger charge is 2.08. The van der Waals surface area contributed by atoms with Crippen molar-refractivity contribution in [2.45, 2.75) is 26.7 Å². The molecular weight excluding hydrogens is 327 g/mol. The van der Waals surface area contributed by atoms with Gasteiger partial charge in [0.25, 0.3) is 0 Å². The monoisotopic (exact) mass is 340 g/mol. The first-order chi connectivity index (χ1) is 9.02. The van der Waals surface area contributed by atoms with Gasteiger partial charge in [-0.3, -0.25) is 0 Å². The molecule has 0 aliphatic carbocycles. The molecule has 100 valence electrons. The minimum Gasteiger partial charge on any atom is -0.342 e. The van der Waals surface area contributed by atoms with E-state index < -0.39 is 0 Å². The zero-order valence-electron chi connectivity index (χ0n) is 10.8. The Morgan fingerprint density at radius 3 is 2.79 bits per heavy atom. The summed E-state index contributed by atoms with van der Waals surface area (Å²) in [5.74, 6) is 0.466. The lowest BCUT2D eigenvalue weighted by molar-refractivity contribution is 0.618. The second-order valence-electron chi connectivity index (χ2n) is 4.40. The Morgan fingerprint density at radius 1 is 1.42 bits per heavy atom. The highest BCUT2D eigenvalue weighted by Crippen LogP contribution is 2.23. The van der Waals surface area contributed by atoms with Crippen molar-refractivity contribution in [1.29, 1.82) is 0 Å². The van der Waals surface area contributed by atoms with E-state index in [1.54, 1.807) is 19.1 Å². The van der Waals surface area contributed by atoms with Gasteiger partial charge in [-0.2, -0.15) is 0 Å². The predicted octanol–water partition coefficient (Wildman–Crippen LogP) is 4.97. The first kappa shape index (κ1) is 14.3. The molecule has 5 heteroatoms. The van der Waals surface area contributed by atoms with Gasteiger partial charge in [-0.15, -0.1) is 0 Å².